The van der Waals surface area contributed by atoms with Gasteiger partial charge in [0.1, 0.15) is 0 Å². The molecule has 2 aromatic heterocycles. The van der Waals surface area contributed by atoms with Crippen LogP contribution in [0.5, 0.6) is 0 Å². The summed E-state index contributed by atoms with van der Waals surface area (Å²) in [5, 5.41) is 5.16. The van der Waals surface area contributed by atoms with Crippen molar-refractivity contribution in [2.45, 2.75) is 70.6 Å². The van der Waals surface area contributed by atoms with Crippen molar-refractivity contribution in [1.82, 2.24) is 19.5 Å². The third-order valence-corrected chi connectivity index (χ3v) is 14.7. The van der Waals surface area contributed by atoms with Gasteiger partial charge in [-0.15, -0.1) is 0 Å². The number of fused-ring (bicyclic) bond motifs is 9. The van der Waals surface area contributed by atoms with E-state index in [0.29, 0.717) is 17.5 Å². The molecule has 2 aliphatic rings. The highest BCUT2D eigenvalue weighted by molar-refractivity contribution is 6.21. The van der Waals surface area contributed by atoms with E-state index in [9.17, 15) is 0 Å². The fourth-order valence-electron chi connectivity index (χ4n) is 11.0. The molecular weight excluding hydrogens is 777 g/mol. The molecule has 0 unspecified atom stereocenters. The highest BCUT2D eigenvalue weighted by Gasteiger charge is 2.39. The van der Waals surface area contributed by atoms with Crippen molar-refractivity contribution in [2.75, 3.05) is 0 Å². The van der Waals surface area contributed by atoms with Crippen LogP contribution in [0.1, 0.15) is 76.6 Å². The Kier molecular flexibility index (Phi) is 8.37. The molecule has 0 aliphatic heterocycles. The van der Waals surface area contributed by atoms with Gasteiger partial charge in [0, 0.05) is 38.6 Å². The first-order valence-electron chi connectivity index (χ1n) is 22.7. The lowest BCUT2D eigenvalue weighted by atomic mass is 9.63. The van der Waals surface area contributed by atoms with Crippen LogP contribution >= 0.6 is 0 Å². The number of benzene rings is 8. The lowest BCUT2D eigenvalue weighted by Crippen LogP contribution is -2.33. The molecule has 2 heterocycles. The van der Waals surface area contributed by atoms with Gasteiger partial charge < -0.3 is 4.57 Å². The summed E-state index contributed by atoms with van der Waals surface area (Å²) in [5.74, 6) is 1.97. The van der Waals surface area contributed by atoms with E-state index in [0.717, 1.165) is 27.9 Å². The maximum Gasteiger partial charge on any atom is 0.164 e. The molecule has 0 radical (unpaired) electrons. The normalized spacial score (nSPS) is 15.6. The van der Waals surface area contributed by atoms with Crippen LogP contribution in [-0.2, 0) is 16.2 Å². The van der Waals surface area contributed by atoms with Gasteiger partial charge in [0.15, 0.2) is 17.5 Å². The van der Waals surface area contributed by atoms with Gasteiger partial charge in [0.05, 0.1) is 11.0 Å². The molecule has 4 nitrogen and oxygen atoms in total. The summed E-state index contributed by atoms with van der Waals surface area (Å²) in [4.78, 5) is 15.9. The largest absolute Gasteiger partial charge is 0.309 e. The minimum absolute atomic E-state index is 0.0823. The molecule has 10 aromatic rings. The Balaban J connectivity index is 1.04. The fourth-order valence-corrected chi connectivity index (χ4v) is 11.0. The van der Waals surface area contributed by atoms with Crippen LogP contribution in [-0.4, -0.2) is 19.5 Å². The molecule has 0 N–H and O–H groups in total. The molecule has 0 atom stereocenters. The van der Waals surface area contributed by atoms with E-state index in [1.54, 1.807) is 0 Å². The van der Waals surface area contributed by atoms with Gasteiger partial charge in [-0.2, -0.15) is 0 Å². The first kappa shape index (κ1) is 38.5. The van der Waals surface area contributed by atoms with Crippen LogP contribution in [0.3, 0.4) is 0 Å². The summed E-state index contributed by atoms with van der Waals surface area (Å²) >= 11 is 0. The van der Waals surface area contributed by atoms with E-state index in [1.165, 1.54) is 84.4 Å². The van der Waals surface area contributed by atoms with Crippen molar-refractivity contribution in [3.63, 3.8) is 0 Å². The molecule has 4 heteroatoms. The van der Waals surface area contributed by atoms with E-state index >= 15 is 0 Å². The molecule has 2 aliphatic carbocycles. The van der Waals surface area contributed by atoms with Crippen molar-refractivity contribution in [1.29, 1.82) is 0 Å². The molecule has 0 fully saturated rings. The second-order valence-corrected chi connectivity index (χ2v) is 19.9. The average Bonchev–Trinajstić information content (AvgIpc) is 3.78. The Morgan fingerprint density at radius 1 is 0.406 bits per heavy atom. The Labute approximate surface area is 375 Å². The Morgan fingerprint density at radius 2 is 0.969 bits per heavy atom. The topological polar surface area (TPSA) is 43.6 Å². The summed E-state index contributed by atoms with van der Waals surface area (Å²) < 4.78 is 2.48. The molecule has 8 aromatic carbocycles. The van der Waals surface area contributed by atoms with Gasteiger partial charge in [-0.25, -0.2) is 15.0 Å². The minimum atomic E-state index is -0.145. The first-order valence-corrected chi connectivity index (χ1v) is 22.7. The highest BCUT2D eigenvalue weighted by atomic mass is 15.0. The van der Waals surface area contributed by atoms with Crippen LogP contribution in [0.4, 0.5) is 0 Å². The average molecular weight is 827 g/mol. The molecule has 0 bridgehead atoms. The number of rotatable bonds is 5. The Bertz CT molecular complexity index is 3500. The summed E-state index contributed by atoms with van der Waals surface area (Å²) in [7, 11) is 0. The predicted octanol–water partition coefficient (Wildman–Crippen LogP) is 15.4. The van der Waals surface area contributed by atoms with Gasteiger partial charge in [-0.1, -0.05) is 169 Å². The van der Waals surface area contributed by atoms with E-state index in [-0.39, 0.29) is 16.2 Å². The molecule has 0 spiro atoms. The SMILES string of the molecule is CC1(C)CCC(C)(C)c2cc3c(cc21)c1c2ccccc2ccc1n3-c1ccc(-c2nc(-c3ccc(-c4ccccc4)cc3)nc(-c3cccc4c3-c3ccccc3C4(C)C)n2)cc1. The zero-order valence-corrected chi connectivity index (χ0v) is 37.4. The van der Waals surface area contributed by atoms with Gasteiger partial charge in [-0.05, 0) is 121 Å². The van der Waals surface area contributed by atoms with E-state index in [4.69, 9.17) is 15.0 Å². The van der Waals surface area contributed by atoms with Crippen molar-refractivity contribution in [3.8, 4) is 62.1 Å². The zero-order chi connectivity index (χ0) is 43.5. The lowest BCUT2D eigenvalue weighted by molar-refractivity contribution is 0.332. The maximum atomic E-state index is 5.34. The zero-order valence-electron chi connectivity index (χ0n) is 37.4. The van der Waals surface area contributed by atoms with Crippen LogP contribution in [0, 0.1) is 0 Å². The minimum Gasteiger partial charge on any atom is -0.309 e. The quantitative estimate of drug-likeness (QED) is 0.174. The van der Waals surface area contributed by atoms with Crippen molar-refractivity contribution >= 4 is 32.6 Å². The first-order chi connectivity index (χ1) is 31.0. The molecule has 12 rings (SSSR count). The number of aromatic nitrogens is 4. The predicted molar refractivity (Wildman–Crippen MR) is 266 cm³/mol. The number of hydrogen-bond acceptors (Lipinski definition) is 3. The maximum absolute atomic E-state index is 5.34. The van der Waals surface area contributed by atoms with Gasteiger partial charge >= 0.3 is 0 Å². The van der Waals surface area contributed by atoms with E-state index < -0.39 is 0 Å². The van der Waals surface area contributed by atoms with Gasteiger partial charge in [0.25, 0.3) is 0 Å². The van der Waals surface area contributed by atoms with Crippen LogP contribution in [0.15, 0.2) is 170 Å². The third kappa shape index (κ3) is 5.85. The number of nitrogens with zero attached hydrogens (tertiary/aromatic N) is 4. The van der Waals surface area contributed by atoms with Gasteiger partial charge in [-0.3, -0.25) is 0 Å². The molecular formula is C60H50N4. The van der Waals surface area contributed by atoms with Crippen molar-refractivity contribution < 1.29 is 0 Å². The third-order valence-electron chi connectivity index (χ3n) is 14.7. The van der Waals surface area contributed by atoms with Crippen LogP contribution in [0.2, 0.25) is 0 Å². The molecule has 310 valence electrons. The molecule has 0 amide bonds. The van der Waals surface area contributed by atoms with Crippen molar-refractivity contribution in [3.05, 3.63) is 192 Å². The molecule has 0 saturated carbocycles. The van der Waals surface area contributed by atoms with Crippen LogP contribution in [0.25, 0.3) is 94.7 Å². The smallest absolute Gasteiger partial charge is 0.164 e. The molecule has 0 saturated heterocycles. The summed E-state index contributed by atoms with van der Waals surface area (Å²) in [5.41, 5.74) is 16.8. The number of hydrogen-bond donors (Lipinski definition) is 0. The summed E-state index contributed by atoms with van der Waals surface area (Å²) in [6.07, 6.45) is 2.34. The van der Waals surface area contributed by atoms with Crippen molar-refractivity contribution in [2.24, 2.45) is 0 Å². The molecule has 64 heavy (non-hydrogen) atoms. The Hall–Kier alpha value is -7.17. The summed E-state index contributed by atoms with van der Waals surface area (Å²) in [6, 6.07) is 61.8. The second kappa shape index (κ2) is 13.9. The standard InChI is InChI=1S/C60H50N4/c1-58(2)33-34-59(3,4)50-36-52-46(35-49(50)58)54-43-18-11-10-17-39(43)29-32-51(54)64(52)42-30-27-41(28-31-42)56-61-55(40-25-23-38(24-26-40)37-15-8-7-9-16-37)62-57(63-56)45-20-14-22-48-53(45)44-19-12-13-21-47(44)60(48,5)6/h7-32,35-36H,33-34H2,1-6H3. The highest BCUT2D eigenvalue weighted by Crippen LogP contribution is 2.52. The van der Waals surface area contributed by atoms with E-state index in [2.05, 4.69) is 216 Å². The Morgan fingerprint density at radius 3 is 1.70 bits per heavy atom. The monoisotopic (exact) mass is 826 g/mol. The van der Waals surface area contributed by atoms with Gasteiger partial charge in [0.2, 0.25) is 0 Å². The van der Waals surface area contributed by atoms with Crippen LogP contribution < -0.4 is 0 Å². The summed E-state index contributed by atoms with van der Waals surface area (Å²) in [6.45, 7) is 14.3. The fraction of sp³-hybridized carbons (Fsp3) is 0.183. The second-order valence-electron chi connectivity index (χ2n) is 19.9. The lowest BCUT2D eigenvalue weighted by Gasteiger charge is -2.42. The van der Waals surface area contributed by atoms with E-state index in [1.807, 2.05) is 0 Å².